The van der Waals surface area contributed by atoms with Crippen LogP contribution in [0.15, 0.2) is 43.0 Å². The van der Waals surface area contributed by atoms with Gasteiger partial charge in [-0.1, -0.05) is 0 Å². The number of nitrogens with zero attached hydrogens (tertiary/aromatic N) is 4. The number of halogens is 3. The van der Waals surface area contributed by atoms with Crippen LogP contribution in [0.3, 0.4) is 0 Å². The summed E-state index contributed by atoms with van der Waals surface area (Å²) in [6.45, 7) is 0.369. The highest BCUT2D eigenvalue weighted by molar-refractivity contribution is 5.90. The van der Waals surface area contributed by atoms with Crippen molar-refractivity contribution in [1.82, 2.24) is 19.5 Å². The van der Waals surface area contributed by atoms with Crippen molar-refractivity contribution >= 4 is 10.9 Å². The highest BCUT2D eigenvalue weighted by Gasteiger charge is 2.28. The Kier molecular flexibility index (Phi) is 5.71. The molecule has 172 valence electrons. The van der Waals surface area contributed by atoms with Crippen molar-refractivity contribution in [1.29, 1.82) is 0 Å². The van der Waals surface area contributed by atoms with Gasteiger partial charge < -0.3 is 19.3 Å². The molecule has 0 unspecified atom stereocenters. The lowest BCUT2D eigenvalue weighted by atomic mass is 10.1. The number of aryl methyl sites for hydroxylation is 1. The zero-order valence-corrected chi connectivity index (χ0v) is 17.8. The van der Waals surface area contributed by atoms with Crippen LogP contribution in [0.25, 0.3) is 27.8 Å². The molecule has 0 spiro atoms. The van der Waals surface area contributed by atoms with Gasteiger partial charge in [-0.05, 0) is 24.6 Å². The summed E-state index contributed by atoms with van der Waals surface area (Å²) in [6.07, 6.45) is 1.25. The lowest BCUT2D eigenvalue weighted by Gasteiger charge is -2.10. The van der Waals surface area contributed by atoms with E-state index in [2.05, 4.69) is 15.0 Å². The summed E-state index contributed by atoms with van der Waals surface area (Å²) in [5, 5.41) is 11.3. The maximum atomic E-state index is 12.5. The second-order valence-corrected chi connectivity index (χ2v) is 7.13. The van der Waals surface area contributed by atoms with E-state index in [1.165, 1.54) is 37.2 Å². The normalized spacial score (nSPS) is 11.6. The molecule has 0 aliphatic heterocycles. The van der Waals surface area contributed by atoms with Crippen LogP contribution in [-0.2, 0) is 0 Å². The SMILES string of the molecule is COc1cc(-c2cc(C)c3c(O)n(-c4cncc(OCC(F)(F)F)c4)cc3n2)cnc1OC. The van der Waals surface area contributed by atoms with E-state index in [1.807, 2.05) is 6.92 Å². The van der Waals surface area contributed by atoms with Crippen molar-refractivity contribution in [3.8, 4) is 40.2 Å². The molecule has 0 bridgehead atoms. The Morgan fingerprint density at radius 3 is 2.55 bits per heavy atom. The molecular weight excluding hydrogens is 441 g/mol. The first-order valence-corrected chi connectivity index (χ1v) is 9.65. The molecule has 0 saturated heterocycles. The largest absolute Gasteiger partial charge is 0.494 e. The minimum atomic E-state index is -4.48. The monoisotopic (exact) mass is 460 g/mol. The first kappa shape index (κ1) is 22.2. The van der Waals surface area contributed by atoms with Crippen molar-refractivity contribution in [2.75, 3.05) is 20.8 Å². The summed E-state index contributed by atoms with van der Waals surface area (Å²) in [4.78, 5) is 12.8. The minimum Gasteiger partial charge on any atom is -0.494 e. The van der Waals surface area contributed by atoms with E-state index in [-0.39, 0.29) is 11.6 Å². The number of rotatable bonds is 6. The van der Waals surface area contributed by atoms with Crippen molar-refractivity contribution in [3.63, 3.8) is 0 Å². The Balaban J connectivity index is 1.75. The van der Waals surface area contributed by atoms with Gasteiger partial charge in [-0.15, -0.1) is 0 Å². The van der Waals surface area contributed by atoms with Crippen molar-refractivity contribution < 1.29 is 32.5 Å². The van der Waals surface area contributed by atoms with E-state index in [1.54, 1.807) is 24.5 Å². The van der Waals surface area contributed by atoms with Gasteiger partial charge in [0.2, 0.25) is 5.88 Å². The highest BCUT2D eigenvalue weighted by Crippen LogP contribution is 2.36. The molecule has 0 fully saturated rings. The van der Waals surface area contributed by atoms with Crippen LogP contribution >= 0.6 is 0 Å². The van der Waals surface area contributed by atoms with Gasteiger partial charge in [0.1, 0.15) is 5.75 Å². The molecule has 0 aliphatic rings. The first-order chi connectivity index (χ1) is 15.7. The molecule has 0 aromatic carbocycles. The average molecular weight is 460 g/mol. The molecule has 0 atom stereocenters. The summed E-state index contributed by atoms with van der Waals surface area (Å²) in [5.41, 5.74) is 2.79. The molecule has 1 N–H and O–H groups in total. The van der Waals surface area contributed by atoms with Crippen LogP contribution in [0.1, 0.15) is 5.56 Å². The fourth-order valence-corrected chi connectivity index (χ4v) is 3.38. The summed E-state index contributed by atoms with van der Waals surface area (Å²) in [6, 6.07) is 4.88. The Hall–Kier alpha value is -4.02. The molecule has 4 aromatic heterocycles. The average Bonchev–Trinajstić information content (AvgIpc) is 3.13. The second kappa shape index (κ2) is 8.49. The van der Waals surface area contributed by atoms with Crippen LogP contribution < -0.4 is 14.2 Å². The van der Waals surface area contributed by atoms with Gasteiger partial charge in [0, 0.05) is 24.0 Å². The lowest BCUT2D eigenvalue weighted by Crippen LogP contribution is -2.19. The Bertz CT molecular complexity index is 1320. The molecule has 0 radical (unpaired) electrons. The Morgan fingerprint density at radius 1 is 1.06 bits per heavy atom. The van der Waals surface area contributed by atoms with Crippen molar-refractivity contribution in [2.45, 2.75) is 13.1 Å². The third-order valence-electron chi connectivity index (χ3n) is 4.85. The number of ether oxygens (including phenoxy) is 3. The van der Waals surface area contributed by atoms with Gasteiger partial charge >= 0.3 is 6.18 Å². The number of fused-ring (bicyclic) bond motifs is 1. The number of pyridine rings is 3. The standard InChI is InChI=1S/C22H19F3N4O4/c1-12-4-16(13-5-18(31-2)20(32-3)27-7-13)28-17-10-29(21(30)19(12)17)14-6-15(9-26-8-14)33-11-22(23,24)25/h4-10,30H,11H2,1-3H3. The topological polar surface area (TPSA) is 91.5 Å². The Morgan fingerprint density at radius 2 is 1.85 bits per heavy atom. The maximum Gasteiger partial charge on any atom is 0.422 e. The van der Waals surface area contributed by atoms with Crippen molar-refractivity contribution in [3.05, 3.63) is 48.5 Å². The zero-order valence-electron chi connectivity index (χ0n) is 17.8. The van der Waals surface area contributed by atoms with Gasteiger partial charge in [0.25, 0.3) is 5.88 Å². The molecule has 4 heterocycles. The first-order valence-electron chi connectivity index (χ1n) is 9.65. The fraction of sp³-hybridized carbons (Fsp3) is 0.227. The highest BCUT2D eigenvalue weighted by atomic mass is 19.4. The number of hydrogen-bond acceptors (Lipinski definition) is 7. The molecule has 0 amide bonds. The molecule has 4 rings (SSSR count). The fourth-order valence-electron chi connectivity index (χ4n) is 3.38. The van der Waals surface area contributed by atoms with E-state index in [0.717, 1.165) is 5.56 Å². The molecule has 0 aliphatic carbocycles. The molecule has 8 nitrogen and oxygen atoms in total. The Labute approximate surface area is 186 Å². The van der Waals surface area contributed by atoms with Gasteiger partial charge in [0.05, 0.1) is 48.9 Å². The lowest BCUT2D eigenvalue weighted by molar-refractivity contribution is -0.153. The van der Waals surface area contributed by atoms with E-state index in [4.69, 9.17) is 14.2 Å². The summed E-state index contributed by atoms with van der Waals surface area (Å²) in [5.74, 6) is 0.574. The number of hydrogen-bond donors (Lipinski definition) is 1. The quantitative estimate of drug-likeness (QED) is 0.454. The summed E-state index contributed by atoms with van der Waals surface area (Å²) < 4.78 is 54.0. The van der Waals surface area contributed by atoms with Gasteiger partial charge in [-0.2, -0.15) is 13.2 Å². The number of aromatic nitrogens is 4. The number of alkyl halides is 3. The van der Waals surface area contributed by atoms with E-state index in [9.17, 15) is 18.3 Å². The molecular formula is C22H19F3N4O4. The molecule has 33 heavy (non-hydrogen) atoms. The van der Waals surface area contributed by atoms with E-state index in [0.29, 0.717) is 39.5 Å². The van der Waals surface area contributed by atoms with Gasteiger partial charge in [0.15, 0.2) is 12.4 Å². The van der Waals surface area contributed by atoms with E-state index >= 15 is 0 Å². The maximum absolute atomic E-state index is 12.5. The van der Waals surface area contributed by atoms with Crippen LogP contribution in [0.4, 0.5) is 13.2 Å². The van der Waals surface area contributed by atoms with Gasteiger partial charge in [-0.25, -0.2) is 9.97 Å². The molecule has 0 saturated carbocycles. The third kappa shape index (κ3) is 4.47. The predicted octanol–water partition coefficient (Wildman–Crippen LogP) is 4.45. The predicted molar refractivity (Wildman–Crippen MR) is 113 cm³/mol. The summed E-state index contributed by atoms with van der Waals surface area (Å²) >= 11 is 0. The van der Waals surface area contributed by atoms with Crippen LogP contribution in [0.2, 0.25) is 0 Å². The smallest absolute Gasteiger partial charge is 0.422 e. The van der Waals surface area contributed by atoms with E-state index < -0.39 is 12.8 Å². The summed E-state index contributed by atoms with van der Waals surface area (Å²) in [7, 11) is 2.99. The van der Waals surface area contributed by atoms with Gasteiger partial charge in [-0.3, -0.25) is 9.55 Å². The third-order valence-corrected chi connectivity index (χ3v) is 4.85. The molecule has 4 aromatic rings. The van der Waals surface area contributed by atoms with Crippen molar-refractivity contribution in [2.24, 2.45) is 0 Å². The number of methoxy groups -OCH3 is 2. The number of aromatic hydroxyl groups is 1. The minimum absolute atomic E-state index is 0.0799. The second-order valence-electron chi connectivity index (χ2n) is 7.13. The van der Waals surface area contributed by atoms with Crippen LogP contribution in [0, 0.1) is 6.92 Å². The zero-order chi connectivity index (χ0) is 23.8. The van der Waals surface area contributed by atoms with Crippen LogP contribution in [-0.4, -0.2) is 51.6 Å². The molecule has 11 heteroatoms. The van der Waals surface area contributed by atoms with Crippen LogP contribution in [0.5, 0.6) is 23.3 Å².